The van der Waals surface area contributed by atoms with Gasteiger partial charge in [0.25, 0.3) is 0 Å². The summed E-state index contributed by atoms with van der Waals surface area (Å²) in [5, 5.41) is 0. The molecular formula is C42H57ClF2N2PRu. The van der Waals surface area contributed by atoms with Gasteiger partial charge >= 0.3 is 65.9 Å². The molecule has 0 amide bonds. The van der Waals surface area contributed by atoms with E-state index in [1.165, 1.54) is 34.7 Å². The first-order valence-electron chi connectivity index (χ1n) is 18.8. The molecule has 3 aromatic rings. The molecular weight excluding hydrogens is 738 g/mol. The third kappa shape index (κ3) is 11.2. The van der Waals surface area contributed by atoms with Crippen LogP contribution in [0.15, 0.2) is 66.7 Å². The second-order valence-corrected chi connectivity index (χ2v) is 19.7. The Kier molecular flexibility index (Phi) is 16.0. The van der Waals surface area contributed by atoms with Gasteiger partial charge in [0, 0.05) is 32.4 Å². The molecule has 269 valence electrons. The van der Waals surface area contributed by atoms with E-state index in [1.807, 2.05) is 54.0 Å². The fraction of sp³-hybridized carbons (Fsp3) is 0.524. The van der Waals surface area contributed by atoms with E-state index in [2.05, 4.69) is 16.7 Å². The number of hydrogen-bond donors (Lipinski definition) is 0. The molecule has 1 saturated heterocycles. The van der Waals surface area contributed by atoms with Crippen LogP contribution < -0.4 is 9.80 Å². The van der Waals surface area contributed by atoms with Crippen LogP contribution in [0, 0.1) is 32.2 Å². The van der Waals surface area contributed by atoms with E-state index in [4.69, 9.17) is 9.69 Å². The number of hydrogen-bond acceptors (Lipinski definition) is 2. The first-order chi connectivity index (χ1) is 24.0. The van der Waals surface area contributed by atoms with Crippen molar-refractivity contribution in [3.05, 3.63) is 102 Å². The molecule has 4 aliphatic rings. The van der Waals surface area contributed by atoms with Crippen LogP contribution in [0.1, 0.15) is 113 Å². The summed E-state index contributed by atoms with van der Waals surface area (Å²) >= 11 is -0.0765. The van der Waals surface area contributed by atoms with Crippen molar-refractivity contribution in [3.8, 4) is 0 Å². The van der Waals surface area contributed by atoms with E-state index in [9.17, 15) is 8.78 Å². The summed E-state index contributed by atoms with van der Waals surface area (Å²) in [5.74, 6) is -0.503. The molecule has 3 saturated carbocycles. The Bertz CT molecular complexity index is 1300. The molecule has 0 atom stereocenters. The number of rotatable bonds is 6. The fourth-order valence-corrected chi connectivity index (χ4v) is 15.0. The third-order valence-electron chi connectivity index (χ3n) is 11.0. The Balaban J connectivity index is 0.000000154. The maximum atomic E-state index is 14.0. The normalized spacial score (nSPS) is 19.6. The summed E-state index contributed by atoms with van der Waals surface area (Å²) < 4.78 is 30.1. The zero-order chi connectivity index (χ0) is 34.4. The molecule has 1 aliphatic heterocycles. The molecule has 1 heterocycles. The molecule has 0 radical (unpaired) electrons. The standard InChI is InChI=1S/C18H33P.C17H17F2N2.C7H6.ClH.Ru/c1-4-10-16(11-5-1)19(17-12-6-2-7-13-17)18-14-8-3-9-15-18;1-12-5-3-7-14(18)16(12)20-9-10-21(11-20)17-13(2)6-4-8-15(17)19;1-7-5-3-2-4-6-7;;/h16-18H,1-15H2;3-8,11H,9-10H2,1-2H3;1-6H;1H;/q;-1;;;+1. The van der Waals surface area contributed by atoms with Crippen molar-refractivity contribution in [2.75, 3.05) is 22.9 Å². The van der Waals surface area contributed by atoms with Crippen molar-refractivity contribution in [1.29, 1.82) is 0 Å². The summed E-state index contributed by atoms with van der Waals surface area (Å²) in [7, 11) is 5.52. The van der Waals surface area contributed by atoms with E-state index in [-0.39, 0.29) is 35.2 Å². The first-order valence-corrected chi connectivity index (χ1v) is 23.8. The molecule has 0 spiro atoms. The molecule has 0 N–H and O–H groups in total. The van der Waals surface area contributed by atoms with E-state index in [0.29, 0.717) is 24.5 Å². The minimum atomic E-state index is -0.252. The number of aryl methyl sites for hydroxylation is 2. The number of para-hydroxylation sites is 2. The van der Waals surface area contributed by atoms with Crippen molar-refractivity contribution in [1.82, 2.24) is 0 Å². The Morgan fingerprint density at radius 1 is 0.612 bits per heavy atom. The SMILES string of the molecule is C1CCC([PH+](C2CCCCC2)C2CCCCC2)CC1.Cc1cccc(F)c1N1[CH-]N(c2c(C)cccc2F)CC1.[Cl][Ru]=[CH]c1ccccc1. The second kappa shape index (κ2) is 20.4. The summed E-state index contributed by atoms with van der Waals surface area (Å²) in [6.07, 6.45) is 23.8. The van der Waals surface area contributed by atoms with Gasteiger partial charge in [-0.25, -0.2) is 8.78 Å². The van der Waals surface area contributed by atoms with E-state index < -0.39 is 0 Å². The molecule has 3 aliphatic carbocycles. The number of halogens is 3. The molecule has 0 unspecified atom stereocenters. The fourth-order valence-electron chi connectivity index (χ4n) is 8.69. The molecule has 3 aromatic carbocycles. The third-order valence-corrected chi connectivity index (χ3v) is 16.8. The second-order valence-electron chi connectivity index (χ2n) is 14.4. The zero-order valence-corrected chi connectivity index (χ0v) is 33.1. The zero-order valence-electron chi connectivity index (χ0n) is 29.6. The minimum absolute atomic E-state index is 0.0465. The van der Waals surface area contributed by atoms with E-state index in [1.54, 1.807) is 115 Å². The molecule has 7 heteroatoms. The Labute approximate surface area is 308 Å². The van der Waals surface area contributed by atoms with Crippen LogP contribution in [0.3, 0.4) is 0 Å². The number of anilines is 2. The molecule has 49 heavy (non-hydrogen) atoms. The van der Waals surface area contributed by atoms with Crippen LogP contribution in [0.25, 0.3) is 0 Å². The molecule has 7 rings (SSSR count). The molecule has 2 nitrogen and oxygen atoms in total. The van der Waals surface area contributed by atoms with Crippen molar-refractivity contribution < 1.29 is 24.5 Å². The predicted octanol–water partition coefficient (Wildman–Crippen LogP) is 12.3. The van der Waals surface area contributed by atoms with Crippen LogP contribution in [0.4, 0.5) is 20.2 Å². The van der Waals surface area contributed by atoms with Gasteiger partial charge in [-0.1, -0.05) is 43.5 Å². The van der Waals surface area contributed by atoms with Crippen LogP contribution >= 0.6 is 17.6 Å². The van der Waals surface area contributed by atoms with Gasteiger partial charge < -0.3 is 9.80 Å². The number of nitrogens with zero attached hydrogens (tertiary/aromatic N) is 2. The monoisotopic (exact) mass is 795 g/mol. The van der Waals surface area contributed by atoms with Gasteiger partial charge in [-0.2, -0.15) is 6.67 Å². The van der Waals surface area contributed by atoms with Gasteiger partial charge in [0.2, 0.25) is 0 Å². The van der Waals surface area contributed by atoms with E-state index >= 15 is 0 Å². The quantitative estimate of drug-likeness (QED) is 0.139. The summed E-state index contributed by atoms with van der Waals surface area (Å²) in [6.45, 7) is 6.81. The number of benzene rings is 3. The maximum absolute atomic E-state index is 14.0. The predicted molar refractivity (Wildman–Crippen MR) is 208 cm³/mol. The van der Waals surface area contributed by atoms with Crippen molar-refractivity contribution in [3.63, 3.8) is 0 Å². The molecule has 0 bridgehead atoms. The van der Waals surface area contributed by atoms with Gasteiger partial charge in [0.15, 0.2) is 0 Å². The Morgan fingerprint density at radius 2 is 1.02 bits per heavy atom. The van der Waals surface area contributed by atoms with Gasteiger partial charge in [-0.15, -0.1) is 0 Å². The average molecular weight is 795 g/mol. The van der Waals surface area contributed by atoms with Gasteiger partial charge in [0.1, 0.15) is 11.6 Å². The van der Waals surface area contributed by atoms with Crippen LogP contribution in [0.5, 0.6) is 0 Å². The molecule has 0 aromatic heterocycles. The summed E-state index contributed by atoms with van der Waals surface area (Å²) in [5.41, 5.74) is 7.78. The van der Waals surface area contributed by atoms with Crippen molar-refractivity contribution in [2.45, 2.75) is 127 Å². The Hall–Kier alpha value is -1.67. The summed E-state index contributed by atoms with van der Waals surface area (Å²) in [6, 6.07) is 20.2. The van der Waals surface area contributed by atoms with Crippen LogP contribution in [-0.2, 0) is 15.7 Å². The van der Waals surface area contributed by atoms with Crippen molar-refractivity contribution in [2.24, 2.45) is 0 Å². The van der Waals surface area contributed by atoms with Gasteiger partial charge in [-0.3, -0.25) is 0 Å². The van der Waals surface area contributed by atoms with Gasteiger partial charge in [0.05, 0.1) is 17.0 Å². The Morgan fingerprint density at radius 3 is 1.39 bits per heavy atom. The van der Waals surface area contributed by atoms with Crippen molar-refractivity contribution >= 4 is 33.6 Å². The van der Waals surface area contributed by atoms with Crippen LogP contribution in [-0.4, -0.2) is 34.7 Å². The topological polar surface area (TPSA) is 6.48 Å². The molecule has 4 fully saturated rings. The average Bonchev–Trinajstić information content (AvgIpc) is 3.60. The first kappa shape index (κ1) is 38.6. The van der Waals surface area contributed by atoms with Crippen LogP contribution in [0.2, 0.25) is 0 Å². The summed E-state index contributed by atoms with van der Waals surface area (Å²) in [4.78, 5) is 3.69. The van der Waals surface area contributed by atoms with E-state index in [0.717, 1.165) is 11.1 Å². The van der Waals surface area contributed by atoms with Gasteiger partial charge in [-0.05, 0) is 114 Å².